The molecule has 10 heavy (non-hydrogen) atoms. The number of hydrogen-bond donors (Lipinski definition) is 1. The molecule has 1 fully saturated rings. The van der Waals surface area contributed by atoms with Crippen LogP contribution in [0.1, 0.15) is 46.5 Å². The summed E-state index contributed by atoms with van der Waals surface area (Å²) in [5.74, 6) is 0. The Morgan fingerprint density at radius 2 is 1.10 bits per heavy atom. The smallest absolute Gasteiger partial charge is 0.00935 e. The topological polar surface area (TPSA) is 12.0 Å². The zero-order valence-electron chi connectivity index (χ0n) is 7.83. The fourth-order valence-electron chi connectivity index (χ4n) is 0.250. The minimum atomic E-state index is 0.292. The summed E-state index contributed by atoms with van der Waals surface area (Å²) >= 11 is 0. The summed E-state index contributed by atoms with van der Waals surface area (Å²) in [6.45, 7) is 6.40. The molecule has 0 amide bonds. The molecule has 1 nitrogen and oxygen atoms in total. The zero-order chi connectivity index (χ0) is 8.04. The lowest BCUT2D eigenvalue weighted by atomic mass is 10.0. The molecule has 0 bridgehead atoms. The Balaban J connectivity index is 0.000000172. The van der Waals surface area contributed by atoms with Gasteiger partial charge in [-0.3, -0.25) is 0 Å². The minimum Gasteiger partial charge on any atom is -0.315 e. The highest BCUT2D eigenvalue weighted by Gasteiger charge is 2.01. The van der Waals surface area contributed by atoms with E-state index in [0.29, 0.717) is 5.54 Å². The van der Waals surface area contributed by atoms with Gasteiger partial charge in [-0.05, 0) is 27.8 Å². The monoisotopic (exact) mass is 143 g/mol. The van der Waals surface area contributed by atoms with E-state index in [1.807, 2.05) is 7.05 Å². The predicted molar refractivity (Wildman–Crippen MR) is 47.3 cm³/mol. The first kappa shape index (κ1) is 9.96. The van der Waals surface area contributed by atoms with Gasteiger partial charge >= 0.3 is 0 Å². The molecule has 0 aromatic rings. The standard InChI is InChI=1S/C5H13N.C4H8/c1-5(2,3)6-4;1-2-4-3-1/h6H,1-4H3;1-4H2. The van der Waals surface area contributed by atoms with Crippen LogP contribution in [0.3, 0.4) is 0 Å². The van der Waals surface area contributed by atoms with Gasteiger partial charge in [-0.15, -0.1) is 0 Å². The fourth-order valence-corrected chi connectivity index (χ4v) is 0.250. The van der Waals surface area contributed by atoms with E-state index in [-0.39, 0.29) is 0 Å². The van der Waals surface area contributed by atoms with Crippen LogP contribution in [-0.2, 0) is 0 Å². The van der Waals surface area contributed by atoms with Crippen molar-refractivity contribution in [3.05, 3.63) is 0 Å². The molecule has 1 saturated carbocycles. The first-order valence-corrected chi connectivity index (χ1v) is 4.25. The van der Waals surface area contributed by atoms with E-state index < -0.39 is 0 Å². The summed E-state index contributed by atoms with van der Waals surface area (Å²) in [5, 5.41) is 3.10. The van der Waals surface area contributed by atoms with Crippen molar-refractivity contribution in [3.8, 4) is 0 Å². The van der Waals surface area contributed by atoms with E-state index in [1.54, 1.807) is 0 Å². The van der Waals surface area contributed by atoms with Crippen LogP contribution in [0.4, 0.5) is 0 Å². The molecule has 0 unspecified atom stereocenters. The summed E-state index contributed by atoms with van der Waals surface area (Å²) in [4.78, 5) is 0. The molecule has 1 N–H and O–H groups in total. The third-order valence-corrected chi connectivity index (χ3v) is 1.75. The van der Waals surface area contributed by atoms with E-state index in [1.165, 1.54) is 25.7 Å². The first-order valence-electron chi connectivity index (χ1n) is 4.25. The van der Waals surface area contributed by atoms with Gasteiger partial charge < -0.3 is 5.32 Å². The zero-order valence-corrected chi connectivity index (χ0v) is 7.83. The molecule has 0 radical (unpaired) electrons. The van der Waals surface area contributed by atoms with Gasteiger partial charge in [0.1, 0.15) is 0 Å². The summed E-state index contributed by atoms with van der Waals surface area (Å²) in [7, 11) is 1.96. The quantitative estimate of drug-likeness (QED) is 0.549. The Hall–Kier alpha value is -0.0400. The third-order valence-electron chi connectivity index (χ3n) is 1.75. The Morgan fingerprint density at radius 3 is 1.10 bits per heavy atom. The first-order chi connectivity index (χ1) is 4.56. The van der Waals surface area contributed by atoms with Crippen LogP contribution >= 0.6 is 0 Å². The Kier molecular flexibility index (Phi) is 4.71. The normalized spacial score (nSPS) is 16.8. The molecule has 1 rings (SSSR count). The lowest BCUT2D eigenvalue weighted by Crippen LogP contribution is -2.31. The maximum absolute atomic E-state index is 3.10. The maximum atomic E-state index is 3.10. The SMILES string of the molecule is C1CCC1.CNC(C)(C)C. The van der Waals surface area contributed by atoms with Gasteiger partial charge in [-0.2, -0.15) is 0 Å². The lowest BCUT2D eigenvalue weighted by Gasteiger charge is -2.15. The molecule has 0 heterocycles. The highest BCUT2D eigenvalue weighted by molar-refractivity contribution is 4.65. The van der Waals surface area contributed by atoms with Crippen molar-refractivity contribution in [2.75, 3.05) is 7.05 Å². The van der Waals surface area contributed by atoms with Crippen LogP contribution < -0.4 is 5.32 Å². The van der Waals surface area contributed by atoms with Crippen molar-refractivity contribution in [1.29, 1.82) is 0 Å². The van der Waals surface area contributed by atoms with E-state index in [9.17, 15) is 0 Å². The molecule has 0 aliphatic heterocycles. The molecule has 0 aromatic carbocycles. The van der Waals surface area contributed by atoms with E-state index in [0.717, 1.165) is 0 Å². The second-order valence-corrected chi connectivity index (χ2v) is 3.91. The molecule has 62 valence electrons. The number of hydrogen-bond acceptors (Lipinski definition) is 1. The van der Waals surface area contributed by atoms with Gasteiger partial charge in [-0.1, -0.05) is 25.7 Å². The molecule has 0 spiro atoms. The predicted octanol–water partition coefficient (Wildman–Crippen LogP) is 2.56. The van der Waals surface area contributed by atoms with Crippen LogP contribution in [-0.4, -0.2) is 12.6 Å². The molecule has 0 saturated heterocycles. The summed E-state index contributed by atoms with van der Waals surface area (Å²) in [6.07, 6.45) is 6.00. The second-order valence-electron chi connectivity index (χ2n) is 3.91. The summed E-state index contributed by atoms with van der Waals surface area (Å²) in [5.41, 5.74) is 0.292. The van der Waals surface area contributed by atoms with Crippen LogP contribution in [0, 0.1) is 0 Å². The van der Waals surface area contributed by atoms with Crippen molar-refractivity contribution in [1.82, 2.24) is 5.32 Å². The van der Waals surface area contributed by atoms with Gasteiger partial charge in [0.15, 0.2) is 0 Å². The Labute approximate surface area is 65.2 Å². The van der Waals surface area contributed by atoms with Crippen LogP contribution in [0.5, 0.6) is 0 Å². The van der Waals surface area contributed by atoms with Crippen LogP contribution in [0.25, 0.3) is 0 Å². The van der Waals surface area contributed by atoms with E-state index in [2.05, 4.69) is 26.1 Å². The molecule has 1 heteroatoms. The average Bonchev–Trinajstić information content (AvgIpc) is 1.59. The van der Waals surface area contributed by atoms with Gasteiger partial charge in [0.25, 0.3) is 0 Å². The average molecular weight is 143 g/mol. The van der Waals surface area contributed by atoms with Crippen molar-refractivity contribution in [2.45, 2.75) is 52.0 Å². The molecular weight excluding hydrogens is 122 g/mol. The largest absolute Gasteiger partial charge is 0.315 e. The maximum Gasteiger partial charge on any atom is 0.00935 e. The number of rotatable bonds is 0. The number of nitrogens with one attached hydrogen (secondary N) is 1. The molecule has 1 aliphatic rings. The van der Waals surface area contributed by atoms with Gasteiger partial charge in [0.05, 0.1) is 0 Å². The highest BCUT2D eigenvalue weighted by Crippen LogP contribution is 2.15. The van der Waals surface area contributed by atoms with Gasteiger partial charge in [0, 0.05) is 5.54 Å². The minimum absolute atomic E-state index is 0.292. The Bertz CT molecular complexity index is 63.3. The fraction of sp³-hybridized carbons (Fsp3) is 1.00. The molecule has 0 aromatic heterocycles. The van der Waals surface area contributed by atoms with Crippen molar-refractivity contribution < 1.29 is 0 Å². The summed E-state index contributed by atoms with van der Waals surface area (Å²) in [6, 6.07) is 0. The highest BCUT2D eigenvalue weighted by atomic mass is 14.9. The van der Waals surface area contributed by atoms with Crippen molar-refractivity contribution in [2.24, 2.45) is 0 Å². The van der Waals surface area contributed by atoms with Crippen LogP contribution in [0.2, 0.25) is 0 Å². The lowest BCUT2D eigenvalue weighted by molar-refractivity contribution is 0.469. The van der Waals surface area contributed by atoms with Crippen molar-refractivity contribution >= 4 is 0 Å². The van der Waals surface area contributed by atoms with E-state index in [4.69, 9.17) is 0 Å². The van der Waals surface area contributed by atoms with Crippen LogP contribution in [0.15, 0.2) is 0 Å². The van der Waals surface area contributed by atoms with Gasteiger partial charge in [0.2, 0.25) is 0 Å². The molecule has 0 atom stereocenters. The Morgan fingerprint density at radius 1 is 0.900 bits per heavy atom. The van der Waals surface area contributed by atoms with E-state index >= 15 is 0 Å². The third kappa shape index (κ3) is 7.96. The summed E-state index contributed by atoms with van der Waals surface area (Å²) < 4.78 is 0. The van der Waals surface area contributed by atoms with Crippen molar-refractivity contribution in [3.63, 3.8) is 0 Å². The second kappa shape index (κ2) is 4.73. The van der Waals surface area contributed by atoms with Gasteiger partial charge in [-0.25, -0.2) is 0 Å². The molecule has 1 aliphatic carbocycles. The molecular formula is C9H21N.